The number of unbranched alkanes of at least 4 members (excludes halogenated alkanes) is 28. The van der Waals surface area contributed by atoms with Crippen LogP contribution >= 0.6 is 7.82 Å². The molecule has 10 heteroatoms. The number of phosphoric acid groups is 1. The fraction of sp³-hybridized carbons (Fsp3) is 0.930. The lowest BCUT2D eigenvalue weighted by molar-refractivity contribution is -0.124. The fourth-order valence-corrected chi connectivity index (χ4v) is 7.52. The van der Waals surface area contributed by atoms with Crippen LogP contribution in [0, 0.1) is 0 Å². The highest BCUT2D eigenvalue weighted by molar-refractivity contribution is 7.47. The number of allylic oxidation sites excluding steroid dienone is 1. The maximum atomic E-state index is 12.8. The lowest BCUT2D eigenvalue weighted by Crippen LogP contribution is -2.46. The van der Waals surface area contributed by atoms with Crippen LogP contribution in [0.5, 0.6) is 0 Å². The summed E-state index contributed by atoms with van der Waals surface area (Å²) in [4.78, 5) is 22.7. The molecule has 0 aliphatic rings. The Morgan fingerprint density at radius 3 is 1.45 bits per heavy atom. The zero-order valence-corrected chi connectivity index (χ0v) is 35.5. The normalized spacial score (nSPS) is 14.8. The molecule has 0 aromatic carbocycles. The van der Waals surface area contributed by atoms with Gasteiger partial charge in [0.05, 0.1) is 37.9 Å². The van der Waals surface area contributed by atoms with Gasteiger partial charge in [-0.15, -0.1) is 0 Å². The molecule has 0 radical (unpaired) electrons. The number of hydrogen-bond acceptors (Lipinski definition) is 7. The van der Waals surface area contributed by atoms with Crippen molar-refractivity contribution >= 4 is 13.7 Å². The van der Waals surface area contributed by atoms with Crippen LogP contribution < -0.4 is 11.1 Å². The van der Waals surface area contributed by atoms with Crippen LogP contribution in [0.25, 0.3) is 0 Å². The van der Waals surface area contributed by atoms with Crippen LogP contribution in [0.15, 0.2) is 12.2 Å². The van der Waals surface area contributed by atoms with Crippen LogP contribution in [0.3, 0.4) is 0 Å². The monoisotopic (exact) mass is 775 g/mol. The number of carbonyl (C=O) groups is 1. The lowest BCUT2D eigenvalue weighted by atomic mass is 10.0. The van der Waals surface area contributed by atoms with E-state index in [0.29, 0.717) is 6.42 Å². The van der Waals surface area contributed by atoms with Crippen molar-refractivity contribution in [2.75, 3.05) is 19.8 Å². The number of carbonyl (C=O) groups excluding carboxylic acids is 1. The molecule has 0 rings (SSSR count). The summed E-state index contributed by atoms with van der Waals surface area (Å²) in [6.45, 7) is 3.98. The Hall–Kier alpha value is -0.800. The third-order valence-corrected chi connectivity index (χ3v) is 11.2. The molecule has 1 amide bonds. The molecule has 0 spiro atoms. The predicted octanol–water partition coefficient (Wildman–Crippen LogP) is 11.4. The first-order valence-electron chi connectivity index (χ1n) is 22.4. The number of aliphatic hydroxyl groups excluding tert-OH is 2. The van der Waals surface area contributed by atoms with E-state index in [0.717, 1.165) is 38.5 Å². The highest BCUT2D eigenvalue weighted by atomic mass is 31.2. The van der Waals surface area contributed by atoms with Crippen LogP contribution in [-0.2, 0) is 18.4 Å². The highest BCUT2D eigenvalue weighted by Gasteiger charge is 2.27. The topological polar surface area (TPSA) is 151 Å². The smallest absolute Gasteiger partial charge is 0.393 e. The second-order valence-electron chi connectivity index (χ2n) is 15.5. The Kier molecular flexibility index (Phi) is 38.8. The summed E-state index contributed by atoms with van der Waals surface area (Å²) >= 11 is 0. The molecule has 0 bridgehead atoms. The van der Waals surface area contributed by atoms with E-state index in [-0.39, 0.29) is 19.6 Å². The predicted molar refractivity (Wildman–Crippen MR) is 223 cm³/mol. The van der Waals surface area contributed by atoms with Gasteiger partial charge in [-0.25, -0.2) is 4.57 Å². The maximum absolute atomic E-state index is 12.8. The van der Waals surface area contributed by atoms with E-state index in [9.17, 15) is 24.5 Å². The van der Waals surface area contributed by atoms with E-state index >= 15 is 0 Å². The summed E-state index contributed by atoms with van der Waals surface area (Å²) in [7, 11) is -4.39. The molecule has 316 valence electrons. The molecule has 4 unspecified atom stereocenters. The summed E-state index contributed by atoms with van der Waals surface area (Å²) < 4.78 is 22.1. The third-order valence-electron chi connectivity index (χ3n) is 10.2. The molecule has 0 aliphatic carbocycles. The van der Waals surface area contributed by atoms with Crippen LogP contribution in [-0.4, -0.2) is 59.0 Å². The van der Waals surface area contributed by atoms with Gasteiger partial charge in [-0.05, 0) is 19.3 Å². The Morgan fingerprint density at radius 1 is 0.642 bits per heavy atom. The van der Waals surface area contributed by atoms with Crippen molar-refractivity contribution in [2.45, 2.75) is 238 Å². The van der Waals surface area contributed by atoms with E-state index in [4.69, 9.17) is 14.8 Å². The molecule has 53 heavy (non-hydrogen) atoms. The van der Waals surface area contributed by atoms with Crippen molar-refractivity contribution in [3.05, 3.63) is 12.2 Å². The zero-order chi connectivity index (χ0) is 39.1. The number of hydrogen-bond donors (Lipinski definition) is 5. The van der Waals surface area contributed by atoms with E-state index in [2.05, 4.69) is 19.2 Å². The maximum Gasteiger partial charge on any atom is 0.472 e. The van der Waals surface area contributed by atoms with Gasteiger partial charge in [0.2, 0.25) is 5.91 Å². The van der Waals surface area contributed by atoms with Gasteiger partial charge in [-0.3, -0.25) is 13.8 Å². The average molecular weight is 775 g/mol. The minimum absolute atomic E-state index is 0.0514. The number of amides is 1. The van der Waals surface area contributed by atoms with Crippen molar-refractivity contribution in [3.8, 4) is 0 Å². The second kappa shape index (κ2) is 39.4. The summed E-state index contributed by atoms with van der Waals surface area (Å²) in [6.07, 6.45) is 40.1. The molecule has 0 aliphatic heterocycles. The number of nitrogens with one attached hydrogen (secondary N) is 1. The zero-order valence-electron chi connectivity index (χ0n) is 34.6. The van der Waals surface area contributed by atoms with Crippen LogP contribution in [0.4, 0.5) is 0 Å². The van der Waals surface area contributed by atoms with Crippen molar-refractivity contribution in [1.29, 1.82) is 0 Å². The summed E-state index contributed by atoms with van der Waals surface area (Å²) in [6, 6.07) is -0.976. The van der Waals surface area contributed by atoms with Crippen molar-refractivity contribution < 1.29 is 33.5 Å². The van der Waals surface area contributed by atoms with E-state index in [1.807, 2.05) is 6.08 Å². The first kappa shape index (κ1) is 52.2. The van der Waals surface area contributed by atoms with Gasteiger partial charge >= 0.3 is 7.82 Å². The SMILES string of the molecule is CCCCCCCCCCCC/C=C/C(O)C(COP(=O)(O)OCCN)NC(=O)CC(O)CCCCCCCCCCCCCCCCCCCCC. The number of aliphatic hydroxyl groups is 2. The van der Waals surface area contributed by atoms with Crippen molar-refractivity contribution in [3.63, 3.8) is 0 Å². The molecule has 6 N–H and O–H groups in total. The average Bonchev–Trinajstić information content (AvgIpc) is 3.13. The van der Waals surface area contributed by atoms with Crippen LogP contribution in [0.1, 0.15) is 219 Å². The highest BCUT2D eigenvalue weighted by Crippen LogP contribution is 2.43. The Balaban J connectivity index is 4.20. The standard InChI is InChI=1S/C43H87N2O7P/c1-3-5-7-9-11-13-15-17-18-19-20-21-22-23-24-26-28-30-32-34-40(46)38-43(48)45-41(39-52-53(49,50)51-37-36-44)42(47)35-33-31-29-27-25-16-14-12-10-8-6-4-2/h33,35,40-42,46-47H,3-32,34,36-39,44H2,1-2H3,(H,45,48)(H,49,50)/b35-33+. The van der Waals surface area contributed by atoms with Gasteiger partial charge in [0.25, 0.3) is 0 Å². The fourth-order valence-electron chi connectivity index (χ4n) is 6.77. The first-order valence-corrected chi connectivity index (χ1v) is 23.9. The molecule has 0 heterocycles. The third kappa shape index (κ3) is 37.9. The minimum atomic E-state index is -4.39. The van der Waals surface area contributed by atoms with Gasteiger partial charge < -0.3 is 26.2 Å². The first-order chi connectivity index (χ1) is 25.8. The second-order valence-corrected chi connectivity index (χ2v) is 16.9. The van der Waals surface area contributed by atoms with E-state index < -0.39 is 38.6 Å². The summed E-state index contributed by atoms with van der Waals surface area (Å²) in [5, 5.41) is 24.0. The van der Waals surface area contributed by atoms with Crippen molar-refractivity contribution in [1.82, 2.24) is 5.32 Å². The van der Waals surface area contributed by atoms with Gasteiger partial charge in [0, 0.05) is 6.54 Å². The largest absolute Gasteiger partial charge is 0.472 e. The molecule has 0 saturated heterocycles. The van der Waals surface area contributed by atoms with Gasteiger partial charge in [0.1, 0.15) is 0 Å². The molecule has 0 fully saturated rings. The summed E-state index contributed by atoms with van der Waals surface area (Å²) in [5.74, 6) is -0.443. The molecule has 0 saturated carbocycles. The van der Waals surface area contributed by atoms with Gasteiger partial charge in [-0.2, -0.15) is 0 Å². The molecular formula is C43H87N2O7P. The summed E-state index contributed by atoms with van der Waals surface area (Å²) in [5.41, 5.74) is 5.36. The number of rotatable bonds is 42. The molecule has 9 nitrogen and oxygen atoms in total. The van der Waals surface area contributed by atoms with E-state index in [1.54, 1.807) is 6.08 Å². The van der Waals surface area contributed by atoms with Crippen LogP contribution in [0.2, 0.25) is 0 Å². The molecule has 0 aromatic heterocycles. The molecule has 0 aromatic rings. The Labute approximate surface area is 327 Å². The van der Waals surface area contributed by atoms with Gasteiger partial charge in [0.15, 0.2) is 0 Å². The lowest BCUT2D eigenvalue weighted by Gasteiger charge is -2.24. The Morgan fingerprint density at radius 2 is 1.04 bits per heavy atom. The molecule has 4 atom stereocenters. The number of nitrogens with two attached hydrogens (primary N) is 1. The van der Waals surface area contributed by atoms with E-state index in [1.165, 1.54) is 154 Å². The molecular weight excluding hydrogens is 687 g/mol. The minimum Gasteiger partial charge on any atom is -0.393 e. The Bertz CT molecular complexity index is 862. The number of phosphoric ester groups is 1. The van der Waals surface area contributed by atoms with Crippen molar-refractivity contribution in [2.24, 2.45) is 5.73 Å². The quantitative estimate of drug-likeness (QED) is 0.0233. The van der Waals surface area contributed by atoms with Gasteiger partial charge in [-0.1, -0.05) is 206 Å².